The van der Waals surface area contributed by atoms with Gasteiger partial charge in [0.05, 0.1) is 5.02 Å². The molecule has 0 bridgehead atoms. The van der Waals surface area contributed by atoms with Gasteiger partial charge in [-0.2, -0.15) is 0 Å². The highest BCUT2D eigenvalue weighted by molar-refractivity contribution is 9.10. The largest absolute Gasteiger partial charge is 0.359 e. The SMILES string of the molecule is CC(=CC(=O)c1ccc(Cl)cc1)Nc1ccc(Br)c(Cl)c1. The molecule has 0 aliphatic carbocycles. The van der Waals surface area contributed by atoms with Crippen molar-refractivity contribution in [1.29, 1.82) is 0 Å². The number of hydrogen-bond acceptors (Lipinski definition) is 2. The highest BCUT2D eigenvalue weighted by Gasteiger charge is 2.04. The van der Waals surface area contributed by atoms with Crippen LogP contribution in [0.4, 0.5) is 5.69 Å². The minimum absolute atomic E-state index is 0.0834. The predicted molar refractivity (Wildman–Crippen MR) is 92.3 cm³/mol. The van der Waals surface area contributed by atoms with Crippen molar-refractivity contribution in [3.05, 3.63) is 74.3 Å². The fourth-order valence-corrected chi connectivity index (χ4v) is 2.28. The Morgan fingerprint density at radius 2 is 1.81 bits per heavy atom. The minimum Gasteiger partial charge on any atom is -0.359 e. The predicted octanol–water partition coefficient (Wildman–Crippen LogP) is 5.95. The second kappa shape index (κ2) is 7.12. The standard InChI is InChI=1S/C16H12BrCl2NO/c1-10(20-13-6-7-14(17)15(19)9-13)8-16(21)11-2-4-12(18)5-3-11/h2-9,20H,1H3. The highest BCUT2D eigenvalue weighted by Crippen LogP contribution is 2.26. The van der Waals surface area contributed by atoms with E-state index in [-0.39, 0.29) is 5.78 Å². The summed E-state index contributed by atoms with van der Waals surface area (Å²) in [5.74, 6) is -0.0834. The van der Waals surface area contributed by atoms with Crippen LogP contribution in [0.2, 0.25) is 10.0 Å². The maximum atomic E-state index is 12.1. The molecule has 108 valence electrons. The van der Waals surface area contributed by atoms with Crippen molar-refractivity contribution in [1.82, 2.24) is 0 Å². The number of carbonyl (C=O) groups is 1. The molecular formula is C16H12BrCl2NO. The summed E-state index contributed by atoms with van der Waals surface area (Å²) in [7, 11) is 0. The quantitative estimate of drug-likeness (QED) is 0.520. The van der Waals surface area contributed by atoms with Gasteiger partial charge in [0.1, 0.15) is 0 Å². The van der Waals surface area contributed by atoms with Gasteiger partial charge in [-0.25, -0.2) is 0 Å². The van der Waals surface area contributed by atoms with Crippen LogP contribution in [-0.2, 0) is 0 Å². The van der Waals surface area contributed by atoms with Crippen LogP contribution in [0.25, 0.3) is 0 Å². The van der Waals surface area contributed by atoms with Gasteiger partial charge in [0.2, 0.25) is 0 Å². The molecule has 2 rings (SSSR count). The summed E-state index contributed by atoms with van der Waals surface area (Å²) in [6.45, 7) is 1.82. The molecule has 0 aromatic heterocycles. The van der Waals surface area contributed by atoms with Gasteiger partial charge in [0.25, 0.3) is 0 Å². The van der Waals surface area contributed by atoms with Crippen LogP contribution >= 0.6 is 39.1 Å². The summed E-state index contributed by atoms with van der Waals surface area (Å²) in [5.41, 5.74) is 2.14. The maximum Gasteiger partial charge on any atom is 0.187 e. The van der Waals surface area contributed by atoms with Crippen LogP contribution in [-0.4, -0.2) is 5.78 Å². The van der Waals surface area contributed by atoms with Crippen molar-refractivity contribution in [2.45, 2.75) is 6.92 Å². The maximum absolute atomic E-state index is 12.1. The van der Waals surface area contributed by atoms with Crippen molar-refractivity contribution < 1.29 is 4.79 Å². The molecule has 0 atom stereocenters. The number of allylic oxidation sites excluding steroid dienone is 2. The van der Waals surface area contributed by atoms with Gasteiger partial charge in [-0.15, -0.1) is 0 Å². The summed E-state index contributed by atoms with van der Waals surface area (Å²) in [6.07, 6.45) is 1.54. The van der Waals surface area contributed by atoms with Gasteiger partial charge in [-0.1, -0.05) is 23.2 Å². The van der Waals surface area contributed by atoms with Crippen molar-refractivity contribution in [2.75, 3.05) is 5.32 Å². The first kappa shape index (κ1) is 16.1. The van der Waals surface area contributed by atoms with Crippen LogP contribution in [0.3, 0.4) is 0 Å². The number of rotatable bonds is 4. The van der Waals surface area contributed by atoms with E-state index >= 15 is 0 Å². The van der Waals surface area contributed by atoms with E-state index in [0.717, 1.165) is 15.9 Å². The second-order valence-corrected chi connectivity index (χ2v) is 6.15. The Morgan fingerprint density at radius 3 is 2.43 bits per heavy atom. The first-order chi connectivity index (χ1) is 9.95. The molecule has 1 N–H and O–H groups in total. The molecule has 21 heavy (non-hydrogen) atoms. The normalized spacial score (nSPS) is 11.3. The number of nitrogens with one attached hydrogen (secondary N) is 1. The van der Waals surface area contributed by atoms with E-state index in [0.29, 0.717) is 15.6 Å². The van der Waals surface area contributed by atoms with E-state index in [1.807, 2.05) is 19.1 Å². The lowest BCUT2D eigenvalue weighted by atomic mass is 10.1. The Morgan fingerprint density at radius 1 is 1.14 bits per heavy atom. The van der Waals surface area contributed by atoms with Crippen LogP contribution < -0.4 is 5.32 Å². The van der Waals surface area contributed by atoms with Gasteiger partial charge in [0.15, 0.2) is 5.78 Å². The second-order valence-electron chi connectivity index (χ2n) is 4.45. The monoisotopic (exact) mass is 383 g/mol. The minimum atomic E-state index is -0.0834. The Bertz CT molecular complexity index is 696. The van der Waals surface area contributed by atoms with E-state index in [1.54, 1.807) is 36.4 Å². The molecule has 0 aliphatic heterocycles. The van der Waals surface area contributed by atoms with Crippen molar-refractivity contribution in [3.8, 4) is 0 Å². The zero-order chi connectivity index (χ0) is 15.4. The van der Waals surface area contributed by atoms with Crippen molar-refractivity contribution >= 4 is 50.6 Å². The fraction of sp³-hybridized carbons (Fsp3) is 0.0625. The molecule has 2 nitrogen and oxygen atoms in total. The zero-order valence-corrected chi connectivity index (χ0v) is 14.3. The first-order valence-electron chi connectivity index (χ1n) is 6.16. The number of ketones is 1. The molecule has 0 aliphatic rings. The average Bonchev–Trinajstić information content (AvgIpc) is 2.43. The number of carbonyl (C=O) groups excluding carboxylic acids is 1. The molecule has 0 radical (unpaired) electrons. The van der Waals surface area contributed by atoms with Gasteiger partial charge in [-0.3, -0.25) is 4.79 Å². The fourth-order valence-electron chi connectivity index (χ4n) is 1.73. The molecular weight excluding hydrogens is 373 g/mol. The molecule has 2 aromatic rings. The molecule has 0 unspecified atom stereocenters. The number of hydrogen-bond donors (Lipinski definition) is 1. The number of halogens is 3. The third kappa shape index (κ3) is 4.60. The summed E-state index contributed by atoms with van der Waals surface area (Å²) in [4.78, 5) is 12.1. The number of benzene rings is 2. The Labute approximate surface area is 141 Å². The molecule has 0 fully saturated rings. The van der Waals surface area contributed by atoms with E-state index in [2.05, 4.69) is 21.2 Å². The average molecular weight is 385 g/mol. The lowest BCUT2D eigenvalue weighted by Gasteiger charge is -2.07. The van der Waals surface area contributed by atoms with Crippen LogP contribution in [0, 0.1) is 0 Å². The van der Waals surface area contributed by atoms with Crippen LogP contribution in [0.1, 0.15) is 17.3 Å². The van der Waals surface area contributed by atoms with Gasteiger partial charge >= 0.3 is 0 Å². The summed E-state index contributed by atoms with van der Waals surface area (Å²) in [5, 5.41) is 4.35. The topological polar surface area (TPSA) is 29.1 Å². The third-order valence-electron chi connectivity index (χ3n) is 2.74. The molecule has 2 aromatic carbocycles. The molecule has 5 heteroatoms. The molecule has 0 saturated heterocycles. The van der Waals surface area contributed by atoms with Crippen LogP contribution in [0.15, 0.2) is 58.7 Å². The van der Waals surface area contributed by atoms with E-state index in [1.165, 1.54) is 0 Å². The summed E-state index contributed by atoms with van der Waals surface area (Å²) < 4.78 is 0.827. The number of anilines is 1. The first-order valence-corrected chi connectivity index (χ1v) is 7.71. The van der Waals surface area contributed by atoms with Gasteiger partial charge in [-0.05, 0) is 65.3 Å². The van der Waals surface area contributed by atoms with E-state index in [4.69, 9.17) is 23.2 Å². The molecule has 0 amide bonds. The molecule has 0 spiro atoms. The van der Waals surface area contributed by atoms with Crippen molar-refractivity contribution in [2.24, 2.45) is 0 Å². The summed E-state index contributed by atoms with van der Waals surface area (Å²) >= 11 is 15.2. The Kier molecular flexibility index (Phi) is 5.45. The Hall–Kier alpha value is -1.29. The van der Waals surface area contributed by atoms with E-state index in [9.17, 15) is 4.79 Å². The summed E-state index contributed by atoms with van der Waals surface area (Å²) in [6, 6.07) is 12.3. The van der Waals surface area contributed by atoms with Crippen LogP contribution in [0.5, 0.6) is 0 Å². The lowest BCUT2D eigenvalue weighted by Crippen LogP contribution is -2.01. The van der Waals surface area contributed by atoms with Crippen molar-refractivity contribution in [3.63, 3.8) is 0 Å². The smallest absolute Gasteiger partial charge is 0.187 e. The highest BCUT2D eigenvalue weighted by atomic mass is 79.9. The molecule has 0 heterocycles. The zero-order valence-electron chi connectivity index (χ0n) is 11.2. The third-order valence-corrected chi connectivity index (χ3v) is 4.22. The lowest BCUT2D eigenvalue weighted by molar-refractivity contribution is 0.104. The molecule has 0 saturated carbocycles. The van der Waals surface area contributed by atoms with E-state index < -0.39 is 0 Å². The van der Waals surface area contributed by atoms with Gasteiger partial charge < -0.3 is 5.32 Å². The van der Waals surface area contributed by atoms with Gasteiger partial charge in [0, 0.05) is 32.5 Å². The Balaban J connectivity index is 2.11.